The number of amides is 1. The number of aromatic carboxylic acids is 1. The number of methoxy groups -OCH3 is 1. The Morgan fingerprint density at radius 1 is 0.968 bits per heavy atom. The molecular formula is C24H22N2O5. The molecule has 158 valence electrons. The fourth-order valence-corrected chi connectivity index (χ4v) is 2.92. The van der Waals surface area contributed by atoms with Crippen molar-refractivity contribution in [1.82, 2.24) is 0 Å². The Kier molecular flexibility index (Phi) is 7.37. The minimum absolute atomic E-state index is 0.0251. The van der Waals surface area contributed by atoms with Crippen molar-refractivity contribution in [3.63, 3.8) is 0 Å². The van der Waals surface area contributed by atoms with Crippen molar-refractivity contribution in [2.24, 2.45) is 5.16 Å². The number of anilines is 1. The molecule has 0 radical (unpaired) electrons. The number of rotatable bonds is 9. The Bertz CT molecular complexity index is 1050. The van der Waals surface area contributed by atoms with Crippen LogP contribution in [-0.2, 0) is 16.2 Å². The van der Waals surface area contributed by atoms with Gasteiger partial charge in [0.05, 0.1) is 31.1 Å². The molecule has 0 aliphatic rings. The maximum absolute atomic E-state index is 13.0. The number of benzene rings is 3. The Balaban J connectivity index is 1.80. The average molecular weight is 418 g/mol. The highest BCUT2D eigenvalue weighted by Gasteiger charge is 2.22. The lowest BCUT2D eigenvalue weighted by Crippen LogP contribution is -2.34. The summed E-state index contributed by atoms with van der Waals surface area (Å²) in [4.78, 5) is 31.2. The second-order valence-electron chi connectivity index (χ2n) is 6.57. The van der Waals surface area contributed by atoms with Crippen LogP contribution in [0.1, 0.15) is 21.5 Å². The first-order valence-electron chi connectivity index (χ1n) is 9.54. The Labute approximate surface area is 180 Å². The zero-order valence-electron chi connectivity index (χ0n) is 17.0. The summed E-state index contributed by atoms with van der Waals surface area (Å²) >= 11 is 0. The molecule has 1 amide bonds. The van der Waals surface area contributed by atoms with Gasteiger partial charge in [0, 0.05) is 0 Å². The molecule has 0 bridgehead atoms. The van der Waals surface area contributed by atoms with Gasteiger partial charge in [0.25, 0.3) is 5.91 Å². The van der Waals surface area contributed by atoms with Crippen LogP contribution in [0.3, 0.4) is 0 Å². The third-order valence-electron chi connectivity index (χ3n) is 4.49. The Morgan fingerprint density at radius 2 is 1.65 bits per heavy atom. The van der Waals surface area contributed by atoms with E-state index in [0.717, 1.165) is 11.1 Å². The van der Waals surface area contributed by atoms with Gasteiger partial charge < -0.3 is 19.6 Å². The van der Waals surface area contributed by atoms with Crippen LogP contribution < -0.4 is 9.64 Å². The lowest BCUT2D eigenvalue weighted by Gasteiger charge is -2.24. The van der Waals surface area contributed by atoms with Gasteiger partial charge >= 0.3 is 5.97 Å². The first-order chi connectivity index (χ1) is 15.1. The van der Waals surface area contributed by atoms with E-state index in [1.807, 2.05) is 42.5 Å². The number of hydrogen-bond donors (Lipinski definition) is 1. The first kappa shape index (κ1) is 21.6. The van der Waals surface area contributed by atoms with E-state index in [1.54, 1.807) is 37.4 Å². The minimum atomic E-state index is -1.12. The maximum atomic E-state index is 13.0. The van der Waals surface area contributed by atoms with Crippen molar-refractivity contribution in [3.05, 3.63) is 95.6 Å². The molecule has 0 saturated heterocycles. The summed E-state index contributed by atoms with van der Waals surface area (Å²) in [5, 5.41) is 13.4. The molecule has 1 N–H and O–H groups in total. The van der Waals surface area contributed by atoms with Gasteiger partial charge in [0.15, 0.2) is 6.61 Å². The molecule has 0 saturated carbocycles. The van der Waals surface area contributed by atoms with Gasteiger partial charge in [-0.1, -0.05) is 59.8 Å². The number of carboxylic acids is 1. The van der Waals surface area contributed by atoms with E-state index >= 15 is 0 Å². The summed E-state index contributed by atoms with van der Waals surface area (Å²) in [6.45, 7) is -0.174. The van der Waals surface area contributed by atoms with Crippen LogP contribution in [0.5, 0.6) is 5.75 Å². The Morgan fingerprint density at radius 3 is 2.32 bits per heavy atom. The zero-order valence-corrected chi connectivity index (χ0v) is 17.0. The third kappa shape index (κ3) is 5.93. The largest absolute Gasteiger partial charge is 0.497 e. The van der Waals surface area contributed by atoms with Crippen LogP contribution in [0.4, 0.5) is 5.69 Å². The summed E-state index contributed by atoms with van der Waals surface area (Å²) in [5.41, 5.74) is 1.95. The number of hydrogen-bond acceptors (Lipinski definition) is 5. The third-order valence-corrected chi connectivity index (χ3v) is 4.49. The summed E-state index contributed by atoms with van der Waals surface area (Å²) < 4.78 is 5.16. The number of carboxylic acid groups (broad SMARTS) is 1. The predicted octanol–water partition coefficient (Wildman–Crippen LogP) is 3.98. The first-order valence-corrected chi connectivity index (χ1v) is 9.54. The molecule has 0 unspecified atom stereocenters. The van der Waals surface area contributed by atoms with E-state index in [2.05, 4.69) is 5.16 Å². The van der Waals surface area contributed by atoms with Crippen LogP contribution >= 0.6 is 0 Å². The van der Waals surface area contributed by atoms with Crippen LogP contribution in [0, 0.1) is 0 Å². The monoisotopic (exact) mass is 418 g/mol. The van der Waals surface area contributed by atoms with Crippen LogP contribution in [-0.4, -0.2) is 36.9 Å². The molecule has 7 heteroatoms. The van der Waals surface area contributed by atoms with Crippen molar-refractivity contribution in [2.75, 3.05) is 18.6 Å². The summed E-state index contributed by atoms with van der Waals surface area (Å²) in [6.07, 6.45) is 1.51. The van der Waals surface area contributed by atoms with E-state index in [1.165, 1.54) is 17.2 Å². The molecule has 0 fully saturated rings. The number of para-hydroxylation sites is 1. The van der Waals surface area contributed by atoms with Gasteiger partial charge in [-0.15, -0.1) is 0 Å². The van der Waals surface area contributed by atoms with Gasteiger partial charge in [-0.2, -0.15) is 0 Å². The molecule has 0 atom stereocenters. The molecule has 0 heterocycles. The fraction of sp³-hybridized carbons (Fsp3) is 0.125. The van der Waals surface area contributed by atoms with Gasteiger partial charge in [-0.3, -0.25) is 4.79 Å². The molecule has 0 aliphatic heterocycles. The Hall–Kier alpha value is -4.13. The maximum Gasteiger partial charge on any atom is 0.337 e. The second-order valence-corrected chi connectivity index (χ2v) is 6.57. The molecule has 3 aromatic carbocycles. The molecule has 0 aromatic heterocycles. The minimum Gasteiger partial charge on any atom is -0.497 e. The van der Waals surface area contributed by atoms with Crippen molar-refractivity contribution in [2.45, 2.75) is 6.54 Å². The van der Waals surface area contributed by atoms with Crippen LogP contribution in [0.15, 0.2) is 84.0 Å². The highest BCUT2D eigenvalue weighted by molar-refractivity contribution is 6.02. The molecule has 3 rings (SSSR count). The number of carbonyl (C=O) groups is 2. The van der Waals surface area contributed by atoms with Gasteiger partial charge in [0.2, 0.25) is 0 Å². The smallest absolute Gasteiger partial charge is 0.337 e. The van der Waals surface area contributed by atoms with E-state index in [0.29, 0.717) is 5.75 Å². The highest BCUT2D eigenvalue weighted by Crippen LogP contribution is 2.24. The average Bonchev–Trinajstić information content (AvgIpc) is 2.81. The number of oxime groups is 1. The topological polar surface area (TPSA) is 88.4 Å². The van der Waals surface area contributed by atoms with Gasteiger partial charge in [-0.25, -0.2) is 4.79 Å². The molecule has 7 nitrogen and oxygen atoms in total. The summed E-state index contributed by atoms with van der Waals surface area (Å²) in [5.74, 6) is -0.855. The van der Waals surface area contributed by atoms with Crippen molar-refractivity contribution >= 4 is 23.8 Å². The molecule has 3 aromatic rings. The van der Waals surface area contributed by atoms with Crippen LogP contribution in [0.2, 0.25) is 0 Å². The van der Waals surface area contributed by atoms with E-state index in [9.17, 15) is 14.7 Å². The molecular weight excluding hydrogens is 396 g/mol. The number of nitrogens with zero attached hydrogens (tertiary/aromatic N) is 2. The zero-order chi connectivity index (χ0) is 22.1. The lowest BCUT2D eigenvalue weighted by atomic mass is 10.1. The van der Waals surface area contributed by atoms with Crippen LogP contribution in [0.25, 0.3) is 0 Å². The van der Waals surface area contributed by atoms with Gasteiger partial charge in [0.1, 0.15) is 5.75 Å². The van der Waals surface area contributed by atoms with E-state index in [-0.39, 0.29) is 24.4 Å². The second kappa shape index (κ2) is 10.6. The highest BCUT2D eigenvalue weighted by atomic mass is 16.6. The van der Waals surface area contributed by atoms with E-state index in [4.69, 9.17) is 9.57 Å². The summed E-state index contributed by atoms with van der Waals surface area (Å²) in [6, 6.07) is 22.9. The summed E-state index contributed by atoms with van der Waals surface area (Å²) in [7, 11) is 1.57. The molecule has 0 aliphatic carbocycles. The normalized spacial score (nSPS) is 10.6. The quantitative estimate of drug-likeness (QED) is 0.419. The lowest BCUT2D eigenvalue weighted by molar-refractivity contribution is -0.123. The number of carbonyl (C=O) groups excluding carboxylic acids is 1. The fourth-order valence-electron chi connectivity index (χ4n) is 2.92. The molecule has 0 spiro atoms. The number of ether oxygens (including phenoxy) is 1. The SMILES string of the molecule is COc1ccc(CN(C(=O)CO/N=C/c2ccccc2)c2ccccc2C(=O)O)cc1. The van der Waals surface area contributed by atoms with Crippen molar-refractivity contribution in [3.8, 4) is 5.75 Å². The molecule has 31 heavy (non-hydrogen) atoms. The van der Waals surface area contributed by atoms with E-state index < -0.39 is 11.9 Å². The van der Waals surface area contributed by atoms with Crippen molar-refractivity contribution < 1.29 is 24.3 Å². The van der Waals surface area contributed by atoms with Gasteiger partial charge in [-0.05, 0) is 35.4 Å². The predicted molar refractivity (Wildman–Crippen MR) is 118 cm³/mol. The van der Waals surface area contributed by atoms with Crippen molar-refractivity contribution in [1.29, 1.82) is 0 Å². The standard InChI is InChI=1S/C24H22N2O5/c1-30-20-13-11-19(12-14-20)16-26(22-10-6-5-9-21(22)24(28)29)23(27)17-31-25-15-18-7-3-2-4-8-18/h2-15H,16-17H2,1H3,(H,28,29)/b25-15+.